The Morgan fingerprint density at radius 1 is 1.38 bits per heavy atom. The van der Waals surface area contributed by atoms with Gasteiger partial charge in [0.25, 0.3) is 0 Å². The number of aromatic amines is 1. The van der Waals surface area contributed by atoms with Crippen molar-refractivity contribution in [2.75, 3.05) is 27.3 Å². The number of urea groups is 1. The zero-order chi connectivity index (χ0) is 18.5. The third-order valence-electron chi connectivity index (χ3n) is 4.43. The molecule has 138 valence electrons. The molecule has 2 aromatic rings. The van der Waals surface area contributed by atoms with Crippen LogP contribution in [-0.4, -0.2) is 54.2 Å². The molecule has 1 aliphatic heterocycles. The zero-order valence-electron chi connectivity index (χ0n) is 14.8. The lowest BCUT2D eigenvalue weighted by molar-refractivity contribution is -0.140. The summed E-state index contributed by atoms with van der Waals surface area (Å²) in [5.41, 5.74) is 2.77. The molecule has 0 radical (unpaired) electrons. The summed E-state index contributed by atoms with van der Waals surface area (Å²) in [5, 5.41) is 2.79. The predicted octanol–water partition coefficient (Wildman–Crippen LogP) is 1.64. The fourth-order valence-corrected chi connectivity index (χ4v) is 3.12. The van der Waals surface area contributed by atoms with Gasteiger partial charge in [0, 0.05) is 25.2 Å². The predicted molar refractivity (Wildman–Crippen MR) is 93.9 cm³/mol. The molecule has 0 bridgehead atoms. The number of methoxy groups -OCH3 is 2. The number of benzene rings is 1. The number of fused-ring (bicyclic) bond motifs is 1. The van der Waals surface area contributed by atoms with Crippen LogP contribution < -0.4 is 10.1 Å². The Hall–Kier alpha value is -3.03. The topological polar surface area (TPSA) is 96.6 Å². The highest BCUT2D eigenvalue weighted by molar-refractivity contribution is 5.77. The molecule has 0 fully saturated rings. The second kappa shape index (κ2) is 7.90. The minimum absolute atomic E-state index is 0.133. The number of hydrogen-bond donors (Lipinski definition) is 2. The summed E-state index contributed by atoms with van der Waals surface area (Å²) in [5.74, 6) is 0.360. The van der Waals surface area contributed by atoms with Crippen molar-refractivity contribution in [3.8, 4) is 5.75 Å². The molecule has 2 N–H and O–H groups in total. The van der Waals surface area contributed by atoms with E-state index < -0.39 is 0 Å². The van der Waals surface area contributed by atoms with Crippen molar-refractivity contribution in [1.29, 1.82) is 0 Å². The smallest absolute Gasteiger partial charge is 0.318 e. The maximum Gasteiger partial charge on any atom is 0.318 e. The van der Waals surface area contributed by atoms with Crippen molar-refractivity contribution in [2.45, 2.75) is 18.9 Å². The highest BCUT2D eigenvalue weighted by Gasteiger charge is 2.34. The summed E-state index contributed by atoms with van der Waals surface area (Å²) >= 11 is 0. The van der Waals surface area contributed by atoms with Gasteiger partial charge in [-0.25, -0.2) is 9.78 Å². The number of carbonyl (C=O) groups excluding carboxylic acids is 2. The van der Waals surface area contributed by atoms with Gasteiger partial charge >= 0.3 is 12.0 Å². The minimum Gasteiger partial charge on any atom is -0.497 e. The van der Waals surface area contributed by atoms with Crippen molar-refractivity contribution in [3.63, 3.8) is 0 Å². The molecule has 0 unspecified atom stereocenters. The number of nitrogens with one attached hydrogen (secondary N) is 2. The Labute approximate surface area is 151 Å². The molecule has 1 aromatic carbocycles. The van der Waals surface area contributed by atoms with Gasteiger partial charge < -0.3 is 24.7 Å². The molecule has 2 heterocycles. The van der Waals surface area contributed by atoms with Crippen molar-refractivity contribution in [3.05, 3.63) is 47.5 Å². The van der Waals surface area contributed by atoms with E-state index in [9.17, 15) is 9.59 Å². The van der Waals surface area contributed by atoms with Gasteiger partial charge in [-0.2, -0.15) is 0 Å². The lowest BCUT2D eigenvalue weighted by Gasteiger charge is -2.35. The molecule has 8 heteroatoms. The summed E-state index contributed by atoms with van der Waals surface area (Å²) in [7, 11) is 2.93. The molecule has 0 spiro atoms. The first-order chi connectivity index (χ1) is 12.6. The van der Waals surface area contributed by atoms with Crippen LogP contribution in [0.2, 0.25) is 0 Å². The standard InChI is InChI=1S/C18H22N4O4/c1-25-13-5-3-4-12(10-13)17-16-14(20-11-21-16)7-9-22(17)18(24)19-8-6-15(23)26-2/h3-5,10-11,17H,6-9H2,1-2H3,(H,19,24)(H,20,21)/t17-/m0/s1. The van der Waals surface area contributed by atoms with Crippen LogP contribution >= 0.6 is 0 Å². The van der Waals surface area contributed by atoms with E-state index in [0.29, 0.717) is 13.0 Å². The zero-order valence-corrected chi connectivity index (χ0v) is 14.8. The van der Waals surface area contributed by atoms with E-state index in [0.717, 1.165) is 22.7 Å². The van der Waals surface area contributed by atoms with Gasteiger partial charge in [0.1, 0.15) is 11.8 Å². The summed E-state index contributed by atoms with van der Waals surface area (Å²) in [6, 6.07) is 7.05. The van der Waals surface area contributed by atoms with Crippen LogP contribution in [0.1, 0.15) is 29.4 Å². The van der Waals surface area contributed by atoms with E-state index in [2.05, 4.69) is 20.0 Å². The summed E-state index contributed by atoms with van der Waals surface area (Å²) in [6.45, 7) is 0.765. The largest absolute Gasteiger partial charge is 0.497 e. The van der Waals surface area contributed by atoms with Crippen LogP contribution in [0.25, 0.3) is 0 Å². The van der Waals surface area contributed by atoms with Crippen molar-refractivity contribution >= 4 is 12.0 Å². The number of H-pyrrole nitrogens is 1. The number of nitrogens with zero attached hydrogens (tertiary/aromatic N) is 2. The number of imidazole rings is 1. The van der Waals surface area contributed by atoms with Crippen LogP contribution in [0.4, 0.5) is 4.79 Å². The molecular weight excluding hydrogens is 336 g/mol. The fraction of sp³-hybridized carbons (Fsp3) is 0.389. The van der Waals surface area contributed by atoms with E-state index in [-0.39, 0.29) is 31.0 Å². The van der Waals surface area contributed by atoms with Gasteiger partial charge in [-0.05, 0) is 17.7 Å². The quantitative estimate of drug-likeness (QED) is 0.792. The average Bonchev–Trinajstić information content (AvgIpc) is 3.15. The van der Waals surface area contributed by atoms with E-state index in [1.54, 1.807) is 18.3 Å². The molecule has 3 rings (SSSR count). The highest BCUT2D eigenvalue weighted by Crippen LogP contribution is 2.34. The average molecular weight is 358 g/mol. The number of esters is 1. The number of rotatable bonds is 5. The van der Waals surface area contributed by atoms with Crippen LogP contribution in [0.5, 0.6) is 5.75 Å². The van der Waals surface area contributed by atoms with Crippen LogP contribution in [0.3, 0.4) is 0 Å². The van der Waals surface area contributed by atoms with Crippen LogP contribution in [-0.2, 0) is 16.0 Å². The molecule has 26 heavy (non-hydrogen) atoms. The Kier molecular flexibility index (Phi) is 5.40. The van der Waals surface area contributed by atoms with Gasteiger partial charge in [0.15, 0.2) is 0 Å². The summed E-state index contributed by atoms with van der Waals surface area (Å²) in [6.07, 6.45) is 2.48. The van der Waals surface area contributed by atoms with Crippen molar-refractivity contribution < 1.29 is 19.1 Å². The maximum absolute atomic E-state index is 12.7. The number of aromatic nitrogens is 2. The number of ether oxygens (including phenoxy) is 2. The number of amides is 2. The minimum atomic E-state index is -0.358. The SMILES string of the molecule is COC(=O)CCNC(=O)N1CCc2[nH]cnc2[C@@H]1c1cccc(OC)c1. The van der Waals surface area contributed by atoms with E-state index >= 15 is 0 Å². The lowest BCUT2D eigenvalue weighted by Crippen LogP contribution is -2.46. The normalized spacial score (nSPS) is 15.9. The maximum atomic E-state index is 12.7. The number of hydrogen-bond acceptors (Lipinski definition) is 5. The van der Waals surface area contributed by atoms with Crippen molar-refractivity contribution in [2.24, 2.45) is 0 Å². The van der Waals surface area contributed by atoms with Crippen molar-refractivity contribution in [1.82, 2.24) is 20.2 Å². The second-order valence-electron chi connectivity index (χ2n) is 5.95. The first kappa shape index (κ1) is 17.8. The fourth-order valence-electron chi connectivity index (χ4n) is 3.12. The third-order valence-corrected chi connectivity index (χ3v) is 4.43. The van der Waals surface area contributed by atoms with E-state index in [1.807, 2.05) is 24.3 Å². The van der Waals surface area contributed by atoms with Gasteiger partial charge in [-0.15, -0.1) is 0 Å². The monoisotopic (exact) mass is 358 g/mol. The van der Waals surface area contributed by atoms with Gasteiger partial charge in [0.05, 0.1) is 32.7 Å². The first-order valence-electron chi connectivity index (χ1n) is 8.41. The molecule has 0 saturated heterocycles. The molecule has 0 saturated carbocycles. The van der Waals surface area contributed by atoms with Gasteiger partial charge in [0.2, 0.25) is 0 Å². The Balaban J connectivity index is 1.84. The van der Waals surface area contributed by atoms with Gasteiger partial charge in [-0.1, -0.05) is 12.1 Å². The molecular formula is C18H22N4O4. The molecule has 8 nitrogen and oxygen atoms in total. The molecule has 1 atom stereocenters. The van der Waals surface area contributed by atoms with Crippen LogP contribution in [0.15, 0.2) is 30.6 Å². The second-order valence-corrected chi connectivity index (χ2v) is 5.95. The molecule has 0 aliphatic carbocycles. The molecule has 2 amide bonds. The molecule has 1 aromatic heterocycles. The first-order valence-corrected chi connectivity index (χ1v) is 8.41. The van der Waals surface area contributed by atoms with Gasteiger partial charge in [-0.3, -0.25) is 4.79 Å². The van der Waals surface area contributed by atoms with Crippen LogP contribution in [0, 0.1) is 0 Å². The Bertz CT molecular complexity index is 789. The summed E-state index contributed by atoms with van der Waals surface area (Å²) < 4.78 is 9.91. The third kappa shape index (κ3) is 3.63. The Morgan fingerprint density at radius 3 is 3.00 bits per heavy atom. The Morgan fingerprint density at radius 2 is 2.23 bits per heavy atom. The lowest BCUT2D eigenvalue weighted by atomic mass is 9.96. The highest BCUT2D eigenvalue weighted by atomic mass is 16.5. The van der Waals surface area contributed by atoms with E-state index in [1.165, 1.54) is 7.11 Å². The summed E-state index contributed by atoms with van der Waals surface area (Å²) in [4.78, 5) is 33.3. The molecule has 1 aliphatic rings. The number of carbonyl (C=O) groups is 2. The van der Waals surface area contributed by atoms with E-state index in [4.69, 9.17) is 4.74 Å².